The van der Waals surface area contributed by atoms with E-state index in [-0.39, 0.29) is 32.0 Å². The molecule has 2 aliphatic heterocycles. The zero-order valence-corrected chi connectivity index (χ0v) is 30.2. The third-order valence-electron chi connectivity index (χ3n) is 9.26. The van der Waals surface area contributed by atoms with Crippen molar-refractivity contribution in [2.24, 2.45) is 0 Å². The Morgan fingerprint density at radius 3 is 1.74 bits per heavy atom. The van der Waals surface area contributed by atoms with Crippen molar-refractivity contribution < 1.29 is 52.9 Å². The second-order valence-electron chi connectivity index (χ2n) is 13.2. The summed E-state index contributed by atoms with van der Waals surface area (Å²) in [5.41, 5.74) is 3.03. The van der Waals surface area contributed by atoms with E-state index in [1.807, 2.05) is 91.0 Å². The molecule has 0 aliphatic carbocycles. The van der Waals surface area contributed by atoms with Gasteiger partial charge in [-0.15, -0.1) is 6.58 Å². The summed E-state index contributed by atoms with van der Waals surface area (Å²) in [6, 6.07) is 37.3. The maximum absolute atomic E-state index is 13.2. The molecule has 2 N–H and O–H groups in total. The molecule has 11 heteroatoms. The predicted octanol–water partition coefficient (Wildman–Crippen LogP) is 5.38. The molecule has 0 bridgehead atoms. The number of hydrogen-bond donors (Lipinski definition) is 2. The standard InChI is InChI=1S/C43H48O11/c1-3-24-48-42-40(53-41(46)33-22-14-7-15-23-33)35(44)37(29(2)51-42)54-43-39(50-27-32-20-12-6-13-21-32)36(45)38(49-26-31-18-10-5-11-19-31)34(52-43)28-47-25-30-16-8-4-9-17-30/h3-23,29,34-40,42-45H,1,24-28H2,2H3/t29-,34+,35+,36-,37-,38+,39+,40+,42+,43+/m0/s1. The van der Waals surface area contributed by atoms with E-state index < -0.39 is 67.4 Å². The van der Waals surface area contributed by atoms with Gasteiger partial charge in [0.25, 0.3) is 0 Å². The summed E-state index contributed by atoms with van der Waals surface area (Å²) in [6.07, 6.45) is -9.51. The summed E-state index contributed by atoms with van der Waals surface area (Å²) in [6.45, 7) is 6.15. The van der Waals surface area contributed by atoms with Crippen molar-refractivity contribution in [1.82, 2.24) is 0 Å². The van der Waals surface area contributed by atoms with Crippen LogP contribution in [0.15, 0.2) is 134 Å². The topological polar surface area (TPSA) is 131 Å². The van der Waals surface area contributed by atoms with Gasteiger partial charge in [-0.2, -0.15) is 0 Å². The minimum Gasteiger partial charge on any atom is -0.450 e. The quantitative estimate of drug-likeness (QED) is 0.107. The molecular weight excluding hydrogens is 692 g/mol. The average molecular weight is 741 g/mol. The van der Waals surface area contributed by atoms with Gasteiger partial charge in [0.05, 0.1) is 44.7 Å². The summed E-state index contributed by atoms with van der Waals surface area (Å²) in [5, 5.41) is 23.9. The molecule has 4 aromatic rings. The highest BCUT2D eigenvalue weighted by molar-refractivity contribution is 5.89. The SMILES string of the molecule is C=CCO[C@@H]1O[C@@H](C)[C@H](O[C@H]2O[C@H](COCc3ccccc3)[C@@H](OCc3ccccc3)[C@H](O)[C@H]2OCc2ccccc2)[C@@H](O)[C@H]1OC(=O)c1ccccc1. The molecule has 286 valence electrons. The highest BCUT2D eigenvalue weighted by atomic mass is 16.8. The van der Waals surface area contributed by atoms with Gasteiger partial charge >= 0.3 is 5.97 Å². The number of hydrogen-bond acceptors (Lipinski definition) is 11. The number of benzene rings is 4. The first-order chi connectivity index (χ1) is 26.4. The van der Waals surface area contributed by atoms with Crippen LogP contribution in [-0.2, 0) is 57.7 Å². The van der Waals surface area contributed by atoms with E-state index in [0.717, 1.165) is 16.7 Å². The maximum Gasteiger partial charge on any atom is 0.338 e. The molecule has 2 aliphatic rings. The highest BCUT2D eigenvalue weighted by Crippen LogP contribution is 2.34. The van der Waals surface area contributed by atoms with Crippen LogP contribution in [0.25, 0.3) is 0 Å². The van der Waals surface area contributed by atoms with E-state index in [4.69, 9.17) is 37.9 Å². The largest absolute Gasteiger partial charge is 0.450 e. The number of carbonyl (C=O) groups excluding carboxylic acids is 1. The maximum atomic E-state index is 13.2. The zero-order chi connectivity index (χ0) is 37.7. The van der Waals surface area contributed by atoms with Crippen molar-refractivity contribution in [3.05, 3.63) is 156 Å². The summed E-state index contributed by atoms with van der Waals surface area (Å²) in [4.78, 5) is 13.2. The molecule has 0 unspecified atom stereocenters. The fraction of sp³-hybridized carbons (Fsp3) is 0.372. The van der Waals surface area contributed by atoms with Gasteiger partial charge in [0.2, 0.25) is 0 Å². The smallest absolute Gasteiger partial charge is 0.338 e. The molecule has 6 rings (SSSR count). The van der Waals surface area contributed by atoms with Crippen LogP contribution in [-0.4, -0.2) is 90.8 Å². The Kier molecular flexibility index (Phi) is 14.5. The van der Waals surface area contributed by atoms with Crippen molar-refractivity contribution in [3.8, 4) is 0 Å². The molecule has 2 fully saturated rings. The van der Waals surface area contributed by atoms with Crippen LogP contribution in [0.2, 0.25) is 0 Å². The fourth-order valence-electron chi connectivity index (χ4n) is 6.45. The van der Waals surface area contributed by atoms with E-state index in [0.29, 0.717) is 6.61 Å². The molecular formula is C43H48O11. The van der Waals surface area contributed by atoms with Crippen molar-refractivity contribution in [2.45, 2.75) is 88.2 Å². The predicted molar refractivity (Wildman–Crippen MR) is 198 cm³/mol. The van der Waals surface area contributed by atoms with E-state index in [2.05, 4.69) is 6.58 Å². The van der Waals surface area contributed by atoms with Gasteiger partial charge in [-0.1, -0.05) is 115 Å². The Bertz CT molecular complexity index is 1690. The Hall–Kier alpha value is -4.27. The average Bonchev–Trinajstić information content (AvgIpc) is 3.20. The van der Waals surface area contributed by atoms with Gasteiger partial charge in [-0.25, -0.2) is 4.79 Å². The fourth-order valence-corrected chi connectivity index (χ4v) is 6.45. The van der Waals surface area contributed by atoms with Crippen LogP contribution in [0.1, 0.15) is 34.0 Å². The minimum absolute atomic E-state index is 0.0464. The lowest BCUT2D eigenvalue weighted by Crippen LogP contribution is -2.65. The number of aliphatic hydroxyl groups excluding tert-OH is 2. The summed E-state index contributed by atoms with van der Waals surface area (Å²) in [7, 11) is 0. The van der Waals surface area contributed by atoms with Crippen LogP contribution in [0.5, 0.6) is 0 Å². The normalized spacial score (nSPS) is 28.3. The Balaban J connectivity index is 1.26. The number of esters is 1. The molecule has 11 nitrogen and oxygen atoms in total. The van der Waals surface area contributed by atoms with Gasteiger partial charge in [-0.05, 0) is 35.7 Å². The Morgan fingerprint density at radius 2 is 1.17 bits per heavy atom. The molecule has 10 atom stereocenters. The Morgan fingerprint density at radius 1 is 0.648 bits per heavy atom. The third-order valence-corrected chi connectivity index (χ3v) is 9.26. The number of carbonyl (C=O) groups is 1. The van der Waals surface area contributed by atoms with E-state index in [1.54, 1.807) is 37.3 Å². The Labute approximate surface area is 315 Å². The molecule has 2 saturated heterocycles. The van der Waals surface area contributed by atoms with E-state index in [1.165, 1.54) is 6.08 Å². The first kappa shape index (κ1) is 39.4. The van der Waals surface area contributed by atoms with Crippen molar-refractivity contribution in [2.75, 3.05) is 13.2 Å². The van der Waals surface area contributed by atoms with Gasteiger partial charge in [0, 0.05) is 0 Å². The molecule has 0 spiro atoms. The van der Waals surface area contributed by atoms with Crippen LogP contribution in [0, 0.1) is 0 Å². The van der Waals surface area contributed by atoms with Gasteiger partial charge < -0.3 is 48.1 Å². The molecule has 4 aromatic carbocycles. The summed E-state index contributed by atoms with van der Waals surface area (Å²) in [5.74, 6) is -0.675. The van der Waals surface area contributed by atoms with Crippen molar-refractivity contribution >= 4 is 5.97 Å². The van der Waals surface area contributed by atoms with E-state index in [9.17, 15) is 15.0 Å². The van der Waals surface area contributed by atoms with Crippen LogP contribution in [0.4, 0.5) is 0 Å². The lowest BCUT2D eigenvalue weighted by atomic mass is 9.96. The second kappa shape index (κ2) is 19.9. The van der Waals surface area contributed by atoms with Gasteiger partial charge in [0.15, 0.2) is 18.7 Å². The lowest BCUT2D eigenvalue weighted by molar-refractivity contribution is -0.362. The number of aliphatic hydroxyl groups is 2. The molecule has 0 amide bonds. The molecule has 2 heterocycles. The van der Waals surface area contributed by atoms with Crippen molar-refractivity contribution in [1.29, 1.82) is 0 Å². The van der Waals surface area contributed by atoms with Crippen LogP contribution < -0.4 is 0 Å². The number of ether oxygens (including phenoxy) is 8. The lowest BCUT2D eigenvalue weighted by Gasteiger charge is -2.48. The molecule has 0 saturated carbocycles. The van der Waals surface area contributed by atoms with Gasteiger partial charge in [0.1, 0.15) is 36.6 Å². The highest BCUT2D eigenvalue weighted by Gasteiger charge is 2.53. The monoisotopic (exact) mass is 740 g/mol. The van der Waals surface area contributed by atoms with E-state index >= 15 is 0 Å². The van der Waals surface area contributed by atoms with Crippen LogP contribution >= 0.6 is 0 Å². The second-order valence-corrected chi connectivity index (χ2v) is 13.2. The third kappa shape index (κ3) is 10.5. The molecule has 54 heavy (non-hydrogen) atoms. The molecule has 0 radical (unpaired) electrons. The number of rotatable bonds is 17. The molecule has 0 aromatic heterocycles. The van der Waals surface area contributed by atoms with Gasteiger partial charge in [-0.3, -0.25) is 0 Å². The van der Waals surface area contributed by atoms with Crippen molar-refractivity contribution in [3.63, 3.8) is 0 Å². The summed E-state index contributed by atoms with van der Waals surface area (Å²) >= 11 is 0. The minimum atomic E-state index is -1.44. The first-order valence-corrected chi connectivity index (χ1v) is 18.1. The summed E-state index contributed by atoms with van der Waals surface area (Å²) < 4.78 is 49.8. The zero-order valence-electron chi connectivity index (χ0n) is 30.2. The first-order valence-electron chi connectivity index (χ1n) is 18.1. The van der Waals surface area contributed by atoms with Crippen LogP contribution in [0.3, 0.4) is 0 Å².